The summed E-state index contributed by atoms with van der Waals surface area (Å²) >= 11 is 0. The van der Waals surface area contributed by atoms with Crippen LogP contribution in [0.3, 0.4) is 0 Å². The molecule has 2 N–H and O–H groups in total. The Balaban J connectivity index is 2.71. The lowest BCUT2D eigenvalue weighted by atomic mass is 10.2. The summed E-state index contributed by atoms with van der Waals surface area (Å²) in [5, 5.41) is 0. The number of nitrogens with zero attached hydrogens (tertiary/aromatic N) is 2. The van der Waals surface area contributed by atoms with Crippen LogP contribution in [0.1, 0.15) is 25.6 Å². The van der Waals surface area contributed by atoms with Gasteiger partial charge in [0, 0.05) is 31.1 Å². The predicted molar refractivity (Wildman–Crippen MR) is 62.8 cm³/mol. The zero-order chi connectivity index (χ0) is 12.6. The van der Waals surface area contributed by atoms with Gasteiger partial charge in [-0.05, 0) is 0 Å². The second-order valence-electron chi connectivity index (χ2n) is 4.32. The number of halogens is 2. The summed E-state index contributed by atoms with van der Waals surface area (Å²) in [6.07, 6.45) is 0. The van der Waals surface area contributed by atoms with E-state index in [4.69, 9.17) is 5.73 Å². The predicted octanol–water partition coefficient (Wildman–Crippen LogP) is 2.40. The Morgan fingerprint density at radius 1 is 1.29 bits per heavy atom. The van der Waals surface area contributed by atoms with E-state index in [0.717, 1.165) is 11.9 Å². The lowest BCUT2D eigenvalue weighted by Crippen LogP contribution is -2.13. The molecule has 0 amide bonds. The van der Waals surface area contributed by atoms with E-state index in [2.05, 4.69) is 4.98 Å². The van der Waals surface area contributed by atoms with Gasteiger partial charge < -0.3 is 10.3 Å². The molecular formula is C12H15F2N3. The highest BCUT2D eigenvalue weighted by molar-refractivity contribution is 5.76. The van der Waals surface area contributed by atoms with Crippen molar-refractivity contribution < 1.29 is 8.78 Å². The van der Waals surface area contributed by atoms with Crippen LogP contribution in [0.4, 0.5) is 8.78 Å². The second kappa shape index (κ2) is 4.41. The number of rotatable bonds is 3. The van der Waals surface area contributed by atoms with E-state index in [0.29, 0.717) is 24.1 Å². The SMILES string of the molecule is CC(C)c1nc2cc(F)c(F)cc2n1CCN. The lowest BCUT2D eigenvalue weighted by Gasteiger charge is -2.09. The summed E-state index contributed by atoms with van der Waals surface area (Å²) in [6.45, 7) is 4.96. The summed E-state index contributed by atoms with van der Waals surface area (Å²) in [5.41, 5.74) is 6.60. The highest BCUT2D eigenvalue weighted by Gasteiger charge is 2.15. The van der Waals surface area contributed by atoms with Crippen LogP contribution in [0.5, 0.6) is 0 Å². The Labute approximate surface area is 98.2 Å². The van der Waals surface area contributed by atoms with E-state index in [9.17, 15) is 8.78 Å². The fourth-order valence-electron chi connectivity index (χ4n) is 1.94. The van der Waals surface area contributed by atoms with Crippen LogP contribution in [0.15, 0.2) is 12.1 Å². The van der Waals surface area contributed by atoms with Crippen molar-refractivity contribution in [1.82, 2.24) is 9.55 Å². The fourth-order valence-corrected chi connectivity index (χ4v) is 1.94. The van der Waals surface area contributed by atoms with E-state index in [-0.39, 0.29) is 5.92 Å². The van der Waals surface area contributed by atoms with Gasteiger partial charge in [0.2, 0.25) is 0 Å². The highest BCUT2D eigenvalue weighted by Crippen LogP contribution is 2.23. The van der Waals surface area contributed by atoms with E-state index >= 15 is 0 Å². The number of aromatic nitrogens is 2. The van der Waals surface area contributed by atoms with Crippen LogP contribution in [0.25, 0.3) is 11.0 Å². The van der Waals surface area contributed by atoms with Crippen molar-refractivity contribution in [2.75, 3.05) is 6.54 Å². The highest BCUT2D eigenvalue weighted by atomic mass is 19.2. The quantitative estimate of drug-likeness (QED) is 0.893. The molecule has 1 heterocycles. The fraction of sp³-hybridized carbons (Fsp3) is 0.417. The largest absolute Gasteiger partial charge is 0.329 e. The molecule has 0 aliphatic heterocycles. The van der Waals surface area contributed by atoms with Crippen molar-refractivity contribution in [2.24, 2.45) is 5.73 Å². The molecule has 0 atom stereocenters. The van der Waals surface area contributed by atoms with Crippen molar-refractivity contribution in [2.45, 2.75) is 26.3 Å². The van der Waals surface area contributed by atoms with Crippen molar-refractivity contribution in [3.63, 3.8) is 0 Å². The molecule has 0 spiro atoms. The third-order valence-electron chi connectivity index (χ3n) is 2.69. The maximum atomic E-state index is 13.2. The summed E-state index contributed by atoms with van der Waals surface area (Å²) in [4.78, 5) is 4.33. The molecule has 0 aliphatic carbocycles. The van der Waals surface area contributed by atoms with Gasteiger partial charge in [-0.15, -0.1) is 0 Å². The van der Waals surface area contributed by atoms with Gasteiger partial charge in [0.25, 0.3) is 0 Å². The molecule has 17 heavy (non-hydrogen) atoms. The van der Waals surface area contributed by atoms with Crippen LogP contribution < -0.4 is 5.73 Å². The molecule has 92 valence electrons. The molecule has 2 aromatic rings. The smallest absolute Gasteiger partial charge is 0.161 e. The minimum atomic E-state index is -0.870. The minimum absolute atomic E-state index is 0.181. The first-order valence-corrected chi connectivity index (χ1v) is 5.59. The van der Waals surface area contributed by atoms with Gasteiger partial charge in [0.1, 0.15) is 5.82 Å². The van der Waals surface area contributed by atoms with Crippen molar-refractivity contribution >= 4 is 11.0 Å². The molecule has 0 bridgehead atoms. The van der Waals surface area contributed by atoms with E-state index < -0.39 is 11.6 Å². The first-order chi connectivity index (χ1) is 8.04. The van der Waals surface area contributed by atoms with Gasteiger partial charge in [0.05, 0.1) is 11.0 Å². The third-order valence-corrected chi connectivity index (χ3v) is 2.69. The number of fused-ring (bicyclic) bond motifs is 1. The lowest BCUT2D eigenvalue weighted by molar-refractivity contribution is 0.510. The molecule has 0 radical (unpaired) electrons. The summed E-state index contributed by atoms with van der Waals surface area (Å²) in [6, 6.07) is 2.31. The van der Waals surface area contributed by atoms with Crippen molar-refractivity contribution in [3.05, 3.63) is 29.6 Å². The van der Waals surface area contributed by atoms with Gasteiger partial charge >= 0.3 is 0 Å². The monoisotopic (exact) mass is 239 g/mol. The number of hydrogen-bond donors (Lipinski definition) is 1. The zero-order valence-electron chi connectivity index (χ0n) is 9.87. The summed E-state index contributed by atoms with van der Waals surface area (Å²) in [7, 11) is 0. The average Bonchev–Trinajstić information content (AvgIpc) is 2.59. The van der Waals surface area contributed by atoms with Crippen LogP contribution in [0.2, 0.25) is 0 Å². The van der Waals surface area contributed by atoms with Crippen LogP contribution >= 0.6 is 0 Å². The Morgan fingerprint density at radius 2 is 1.94 bits per heavy atom. The van der Waals surface area contributed by atoms with E-state index in [1.54, 1.807) is 0 Å². The maximum Gasteiger partial charge on any atom is 0.161 e. The van der Waals surface area contributed by atoms with Crippen molar-refractivity contribution in [1.29, 1.82) is 0 Å². The molecule has 0 saturated carbocycles. The molecule has 0 saturated heterocycles. The zero-order valence-corrected chi connectivity index (χ0v) is 9.87. The molecule has 5 heteroatoms. The second-order valence-corrected chi connectivity index (χ2v) is 4.32. The molecule has 2 rings (SSSR count). The van der Waals surface area contributed by atoms with Crippen LogP contribution in [-0.4, -0.2) is 16.1 Å². The Morgan fingerprint density at radius 3 is 2.53 bits per heavy atom. The first kappa shape index (κ1) is 12.0. The molecule has 1 aromatic carbocycles. The van der Waals surface area contributed by atoms with Gasteiger partial charge in [-0.25, -0.2) is 13.8 Å². The molecule has 0 fully saturated rings. The van der Waals surface area contributed by atoms with Crippen LogP contribution in [-0.2, 0) is 6.54 Å². The topological polar surface area (TPSA) is 43.8 Å². The van der Waals surface area contributed by atoms with Crippen LogP contribution in [0, 0.1) is 11.6 Å². The number of nitrogens with two attached hydrogens (primary N) is 1. The molecule has 3 nitrogen and oxygen atoms in total. The number of benzene rings is 1. The van der Waals surface area contributed by atoms with Gasteiger partial charge in [-0.2, -0.15) is 0 Å². The molecule has 0 aliphatic rings. The van der Waals surface area contributed by atoms with Gasteiger partial charge in [0.15, 0.2) is 11.6 Å². The molecule has 1 aromatic heterocycles. The Kier molecular flexibility index (Phi) is 3.11. The Bertz CT molecular complexity index is 546. The van der Waals surface area contributed by atoms with Gasteiger partial charge in [-0.1, -0.05) is 13.8 Å². The van der Waals surface area contributed by atoms with Crippen molar-refractivity contribution in [3.8, 4) is 0 Å². The molecule has 0 unspecified atom stereocenters. The molecular weight excluding hydrogens is 224 g/mol. The first-order valence-electron chi connectivity index (χ1n) is 5.59. The summed E-state index contributed by atoms with van der Waals surface area (Å²) in [5.74, 6) is -0.744. The summed E-state index contributed by atoms with van der Waals surface area (Å²) < 4.78 is 28.2. The van der Waals surface area contributed by atoms with Gasteiger partial charge in [-0.3, -0.25) is 0 Å². The van der Waals surface area contributed by atoms with E-state index in [1.807, 2.05) is 18.4 Å². The maximum absolute atomic E-state index is 13.2. The minimum Gasteiger partial charge on any atom is -0.329 e. The number of imidazole rings is 1. The van der Waals surface area contributed by atoms with E-state index in [1.165, 1.54) is 6.07 Å². The Hall–Kier alpha value is -1.49. The normalized spacial score (nSPS) is 11.6. The third kappa shape index (κ3) is 2.02. The standard InChI is InChI=1S/C12H15F2N3/c1-7(2)12-16-10-5-8(13)9(14)6-11(10)17(12)4-3-15/h5-7H,3-4,15H2,1-2H3. The number of hydrogen-bond acceptors (Lipinski definition) is 2. The average molecular weight is 239 g/mol.